The predicted octanol–water partition coefficient (Wildman–Crippen LogP) is 2.58. The zero-order chi connectivity index (χ0) is 11.3. The van der Waals surface area contributed by atoms with Crippen molar-refractivity contribution in [1.29, 1.82) is 0 Å². The van der Waals surface area contributed by atoms with E-state index in [2.05, 4.69) is 13.8 Å². The largest absolute Gasteiger partial charge is 0.327 e. The van der Waals surface area contributed by atoms with Gasteiger partial charge in [-0.2, -0.15) is 0 Å². The van der Waals surface area contributed by atoms with E-state index < -0.39 is 10.8 Å². The highest BCUT2D eigenvalue weighted by molar-refractivity contribution is 7.86. The van der Waals surface area contributed by atoms with E-state index >= 15 is 0 Å². The van der Waals surface area contributed by atoms with Gasteiger partial charge in [-0.1, -0.05) is 39.5 Å². The van der Waals surface area contributed by atoms with Crippen LogP contribution in [0.3, 0.4) is 0 Å². The van der Waals surface area contributed by atoms with Gasteiger partial charge in [0, 0.05) is 22.1 Å². The van der Waals surface area contributed by atoms with Crippen molar-refractivity contribution in [2.75, 3.05) is 0 Å². The summed E-state index contributed by atoms with van der Waals surface area (Å²) < 4.78 is 12.2. The van der Waals surface area contributed by atoms with Gasteiger partial charge in [-0.05, 0) is 19.3 Å². The molecule has 1 aliphatic rings. The second kappa shape index (κ2) is 6.64. The second-order valence-corrected chi connectivity index (χ2v) is 6.81. The second-order valence-electron chi connectivity index (χ2n) is 4.74. The Morgan fingerprint density at radius 3 is 2.47 bits per heavy atom. The number of hydrogen-bond acceptors (Lipinski definition) is 2. The molecule has 2 N–H and O–H groups in total. The van der Waals surface area contributed by atoms with Crippen molar-refractivity contribution in [3.8, 4) is 0 Å². The molecule has 0 aromatic carbocycles. The summed E-state index contributed by atoms with van der Waals surface area (Å²) in [4.78, 5) is 0. The Morgan fingerprint density at radius 1 is 1.27 bits per heavy atom. The van der Waals surface area contributed by atoms with Crippen molar-refractivity contribution in [2.45, 2.75) is 75.3 Å². The summed E-state index contributed by atoms with van der Waals surface area (Å²) in [5, 5.41) is 0.556. The summed E-state index contributed by atoms with van der Waals surface area (Å²) in [6, 6.07) is 0.167. The third-order valence-electron chi connectivity index (χ3n) is 3.52. The van der Waals surface area contributed by atoms with Gasteiger partial charge in [0.15, 0.2) is 0 Å². The molecular weight excluding hydrogens is 206 g/mol. The summed E-state index contributed by atoms with van der Waals surface area (Å²) in [6.45, 7) is 4.19. The first-order chi connectivity index (χ1) is 7.16. The molecule has 3 heteroatoms. The Hall–Kier alpha value is 0.110. The van der Waals surface area contributed by atoms with E-state index in [-0.39, 0.29) is 11.3 Å². The van der Waals surface area contributed by atoms with Crippen molar-refractivity contribution >= 4 is 10.8 Å². The Morgan fingerprint density at radius 2 is 1.87 bits per heavy atom. The van der Waals surface area contributed by atoms with Crippen molar-refractivity contribution in [2.24, 2.45) is 5.73 Å². The van der Waals surface area contributed by atoms with E-state index in [1.807, 2.05) is 0 Å². The van der Waals surface area contributed by atoms with E-state index in [0.717, 1.165) is 19.3 Å². The molecule has 0 aliphatic heterocycles. The first-order valence-corrected chi connectivity index (χ1v) is 7.59. The Balaban J connectivity index is 2.58. The molecule has 0 spiro atoms. The quantitative estimate of drug-likeness (QED) is 0.811. The third-order valence-corrected chi connectivity index (χ3v) is 5.83. The normalized spacial score (nSPS) is 32.7. The molecule has 0 amide bonds. The van der Waals surface area contributed by atoms with Crippen molar-refractivity contribution < 1.29 is 4.21 Å². The number of nitrogens with two attached hydrogens (primary N) is 1. The highest BCUT2D eigenvalue weighted by Gasteiger charge is 2.27. The zero-order valence-electron chi connectivity index (χ0n) is 10.1. The van der Waals surface area contributed by atoms with Gasteiger partial charge in [0.1, 0.15) is 0 Å². The molecular formula is C12H25NOS. The van der Waals surface area contributed by atoms with Gasteiger partial charge in [-0.15, -0.1) is 0 Å². The van der Waals surface area contributed by atoms with Crippen LogP contribution in [-0.2, 0) is 10.8 Å². The molecule has 2 nitrogen and oxygen atoms in total. The molecule has 0 aromatic heterocycles. The molecule has 90 valence electrons. The topological polar surface area (TPSA) is 43.1 Å². The van der Waals surface area contributed by atoms with Crippen LogP contribution in [-0.4, -0.2) is 20.8 Å². The molecule has 0 bridgehead atoms. The van der Waals surface area contributed by atoms with Gasteiger partial charge in [0.2, 0.25) is 0 Å². The first-order valence-electron chi connectivity index (χ1n) is 6.31. The molecule has 0 heterocycles. The van der Waals surface area contributed by atoms with Crippen molar-refractivity contribution in [3.05, 3.63) is 0 Å². The van der Waals surface area contributed by atoms with Crippen LogP contribution in [0.2, 0.25) is 0 Å². The molecule has 0 saturated heterocycles. The average Bonchev–Trinajstić information content (AvgIpc) is 2.22. The molecule has 1 saturated carbocycles. The maximum Gasteiger partial charge on any atom is 0.0501 e. The lowest BCUT2D eigenvalue weighted by molar-refractivity contribution is 0.454. The molecule has 1 aliphatic carbocycles. The van der Waals surface area contributed by atoms with Crippen LogP contribution in [0.1, 0.15) is 58.8 Å². The summed E-state index contributed by atoms with van der Waals surface area (Å²) in [6.07, 6.45) is 8.15. The monoisotopic (exact) mass is 231 g/mol. The van der Waals surface area contributed by atoms with Crippen LogP contribution in [0.25, 0.3) is 0 Å². The van der Waals surface area contributed by atoms with Gasteiger partial charge < -0.3 is 5.73 Å². The molecule has 1 fully saturated rings. The fourth-order valence-electron chi connectivity index (χ4n) is 2.23. The standard InChI is InChI=1S/C12H25NOS/c1-3-10(2)15(14)12-9-7-5-4-6-8-11(12)13/h10-12H,3-9,13H2,1-2H3. The SMILES string of the molecule is CCC(C)S(=O)C1CCCCCCC1N. The lowest BCUT2D eigenvalue weighted by Crippen LogP contribution is -2.41. The van der Waals surface area contributed by atoms with E-state index in [1.54, 1.807) is 0 Å². The molecule has 1 rings (SSSR count). The molecule has 4 unspecified atom stereocenters. The summed E-state index contributed by atoms with van der Waals surface area (Å²) in [5.41, 5.74) is 6.15. The van der Waals surface area contributed by atoms with Gasteiger partial charge >= 0.3 is 0 Å². The Labute approximate surface area is 96.5 Å². The lowest BCUT2D eigenvalue weighted by atomic mass is 9.97. The fourth-order valence-corrected chi connectivity index (χ4v) is 4.04. The first kappa shape index (κ1) is 13.2. The van der Waals surface area contributed by atoms with Gasteiger partial charge in [0.05, 0.1) is 5.25 Å². The van der Waals surface area contributed by atoms with E-state index in [1.165, 1.54) is 25.7 Å². The van der Waals surface area contributed by atoms with E-state index in [9.17, 15) is 4.21 Å². The molecule has 15 heavy (non-hydrogen) atoms. The van der Waals surface area contributed by atoms with Crippen LogP contribution >= 0.6 is 0 Å². The molecule has 4 atom stereocenters. The summed E-state index contributed by atoms with van der Waals surface area (Å²) in [5.74, 6) is 0. The van der Waals surface area contributed by atoms with Crippen LogP contribution in [0, 0.1) is 0 Å². The highest BCUT2D eigenvalue weighted by Crippen LogP contribution is 2.22. The molecule has 0 radical (unpaired) electrons. The summed E-state index contributed by atoms with van der Waals surface area (Å²) >= 11 is 0. The Bertz CT molecular complexity index is 208. The number of hydrogen-bond donors (Lipinski definition) is 1. The lowest BCUT2D eigenvalue weighted by Gasteiger charge is -2.27. The Kier molecular flexibility index (Phi) is 5.83. The van der Waals surface area contributed by atoms with Crippen LogP contribution in [0.5, 0.6) is 0 Å². The maximum atomic E-state index is 12.2. The van der Waals surface area contributed by atoms with Crippen LogP contribution in [0.15, 0.2) is 0 Å². The summed E-state index contributed by atoms with van der Waals surface area (Å²) in [7, 11) is -0.725. The van der Waals surface area contributed by atoms with E-state index in [0.29, 0.717) is 5.25 Å². The minimum Gasteiger partial charge on any atom is -0.327 e. The zero-order valence-corrected chi connectivity index (χ0v) is 10.9. The van der Waals surface area contributed by atoms with Gasteiger partial charge in [0.25, 0.3) is 0 Å². The third kappa shape index (κ3) is 3.87. The fraction of sp³-hybridized carbons (Fsp3) is 1.00. The predicted molar refractivity (Wildman–Crippen MR) is 67.4 cm³/mol. The van der Waals surface area contributed by atoms with E-state index in [4.69, 9.17) is 5.73 Å². The smallest absolute Gasteiger partial charge is 0.0501 e. The molecule has 0 aromatic rings. The van der Waals surface area contributed by atoms with Crippen molar-refractivity contribution in [1.82, 2.24) is 0 Å². The minimum absolute atomic E-state index is 0.167. The minimum atomic E-state index is -0.725. The van der Waals surface area contributed by atoms with Gasteiger partial charge in [-0.25, -0.2) is 0 Å². The average molecular weight is 231 g/mol. The number of rotatable bonds is 3. The van der Waals surface area contributed by atoms with Gasteiger partial charge in [-0.3, -0.25) is 4.21 Å². The van der Waals surface area contributed by atoms with Crippen LogP contribution in [0.4, 0.5) is 0 Å². The maximum absolute atomic E-state index is 12.2. The highest BCUT2D eigenvalue weighted by atomic mass is 32.2. The van der Waals surface area contributed by atoms with Crippen molar-refractivity contribution in [3.63, 3.8) is 0 Å². The van der Waals surface area contributed by atoms with Crippen LogP contribution < -0.4 is 5.73 Å².